The molecule has 16 aromatic carbocycles. The molecule has 0 unspecified atom stereocenters. The maximum Gasteiger partial charge on any atom is 0.160 e. The number of fused-ring (bicyclic) bond motifs is 5. The first-order valence-electron chi connectivity index (χ1n) is 37.3. The molecular formula is C104H70N4O2. The molecule has 0 amide bonds. The minimum atomic E-state index is -0.653. The van der Waals surface area contributed by atoms with Crippen LogP contribution in [0.3, 0.4) is 0 Å². The van der Waals surface area contributed by atoms with Crippen LogP contribution in [0.4, 0.5) is 0 Å². The Hall–Kier alpha value is -14.5. The number of aromatic nitrogens is 4. The molecule has 0 bridgehead atoms. The van der Waals surface area contributed by atoms with E-state index in [1.165, 1.54) is 33.2 Å². The third kappa shape index (κ3) is 12.0. The van der Waals surface area contributed by atoms with Crippen LogP contribution in [0, 0.1) is 0 Å². The van der Waals surface area contributed by atoms with Crippen LogP contribution >= 0.6 is 0 Å². The summed E-state index contributed by atoms with van der Waals surface area (Å²) < 4.78 is 13.2. The Morgan fingerprint density at radius 2 is 0.473 bits per heavy atom. The molecule has 0 spiro atoms. The third-order valence-electron chi connectivity index (χ3n) is 21.5. The van der Waals surface area contributed by atoms with E-state index in [0.29, 0.717) is 11.6 Å². The second kappa shape index (κ2) is 28.8. The molecule has 20 rings (SSSR count). The summed E-state index contributed by atoms with van der Waals surface area (Å²) in [5.74, 6) is 4.78. The van der Waals surface area contributed by atoms with Crippen molar-refractivity contribution in [2.75, 3.05) is 0 Å². The van der Waals surface area contributed by atoms with E-state index in [9.17, 15) is 0 Å². The van der Waals surface area contributed by atoms with Gasteiger partial charge in [0.15, 0.2) is 11.6 Å². The second-order valence-corrected chi connectivity index (χ2v) is 27.8. The number of ether oxygens (including phenoxy) is 2. The first-order chi connectivity index (χ1) is 54.5. The molecule has 2 aliphatic heterocycles. The lowest BCUT2D eigenvalue weighted by Crippen LogP contribution is -2.34. The van der Waals surface area contributed by atoms with Gasteiger partial charge in [-0.3, -0.25) is 0 Å². The van der Waals surface area contributed by atoms with Gasteiger partial charge in [-0.15, -0.1) is 0 Å². The van der Waals surface area contributed by atoms with Gasteiger partial charge in [0.2, 0.25) is 0 Å². The fourth-order valence-corrected chi connectivity index (χ4v) is 16.5. The Balaban J connectivity index is 0.000000149. The molecule has 0 N–H and O–H groups in total. The van der Waals surface area contributed by atoms with Crippen LogP contribution < -0.4 is 9.47 Å². The Morgan fingerprint density at radius 3 is 0.936 bits per heavy atom. The van der Waals surface area contributed by atoms with E-state index in [2.05, 4.69) is 382 Å². The Bertz CT molecular complexity index is 6330. The molecule has 518 valence electrons. The highest BCUT2D eigenvalue weighted by atomic mass is 16.5. The van der Waals surface area contributed by atoms with Gasteiger partial charge in [0.25, 0.3) is 0 Å². The van der Waals surface area contributed by atoms with Crippen molar-refractivity contribution < 1.29 is 9.47 Å². The van der Waals surface area contributed by atoms with E-state index in [1.807, 2.05) is 42.5 Å². The quantitative estimate of drug-likeness (QED) is 0.115. The molecule has 2 aromatic heterocycles. The maximum atomic E-state index is 6.61. The van der Waals surface area contributed by atoms with Gasteiger partial charge in [0.1, 0.15) is 23.0 Å². The topological polar surface area (TPSA) is 70.0 Å². The zero-order valence-corrected chi connectivity index (χ0v) is 60.0. The van der Waals surface area contributed by atoms with Crippen LogP contribution in [0.25, 0.3) is 112 Å². The van der Waals surface area contributed by atoms with Crippen molar-refractivity contribution in [2.45, 2.75) is 10.8 Å². The highest BCUT2D eigenvalue weighted by molar-refractivity contribution is 5.97. The van der Waals surface area contributed by atoms with Gasteiger partial charge in [-0.1, -0.05) is 370 Å². The Morgan fingerprint density at radius 1 is 0.182 bits per heavy atom. The van der Waals surface area contributed by atoms with Crippen LogP contribution in [0.15, 0.2) is 425 Å². The molecule has 0 radical (unpaired) electrons. The average molecular weight is 1410 g/mol. The number of benzene rings is 16. The zero-order valence-electron chi connectivity index (χ0n) is 60.0. The lowest BCUT2D eigenvalue weighted by atomic mass is 9.62. The van der Waals surface area contributed by atoms with Crippen LogP contribution in [-0.4, -0.2) is 19.9 Å². The first-order valence-corrected chi connectivity index (χ1v) is 37.3. The summed E-state index contributed by atoms with van der Waals surface area (Å²) in [4.78, 5) is 21.0. The highest BCUT2D eigenvalue weighted by Gasteiger charge is 2.48. The molecule has 6 nitrogen and oxygen atoms in total. The monoisotopic (exact) mass is 1410 g/mol. The lowest BCUT2D eigenvalue weighted by Gasteiger charge is -2.42. The van der Waals surface area contributed by atoms with Crippen molar-refractivity contribution in [1.82, 2.24) is 19.9 Å². The van der Waals surface area contributed by atoms with Gasteiger partial charge in [0.05, 0.1) is 33.6 Å². The molecule has 0 atom stereocenters. The smallest absolute Gasteiger partial charge is 0.160 e. The summed E-state index contributed by atoms with van der Waals surface area (Å²) >= 11 is 0. The average Bonchev–Trinajstić information content (AvgIpc) is 0.707. The van der Waals surface area contributed by atoms with Crippen molar-refractivity contribution in [2.24, 2.45) is 0 Å². The number of rotatable bonds is 13. The summed E-state index contributed by atoms with van der Waals surface area (Å²) in [5, 5.41) is 2.34. The fourth-order valence-electron chi connectivity index (χ4n) is 16.5. The standard InChI is InChI=1S/C53H36N2O.C51H34N2O/c1-4-18-37(19-5-1)39-22-16-24-41(34-39)49-36-48(38-20-6-2-7-21-38)54-52(55-49)42-25-17-23-40(35-42)44-28-10-11-29-45(44)53(43-26-8-3-9-27-43)46-30-12-14-32-50(46)56-51-33-15-13-31-47(51)53;1-3-18-36(19-4-1)46-34-47(42-27-16-20-35-17-7-8-25-40(35)42)53-50(52-46)38-22-15-21-37(33-38)41-26-9-10-28-43(41)51(39-23-5-2-6-24-39)44-29-11-13-31-48(44)54-49-32-14-12-30-45(49)51/h1-36H;1-34H. The van der Waals surface area contributed by atoms with Crippen LogP contribution in [-0.2, 0) is 10.8 Å². The van der Waals surface area contributed by atoms with E-state index in [-0.39, 0.29) is 0 Å². The largest absolute Gasteiger partial charge is 0.457 e. The number of hydrogen-bond donors (Lipinski definition) is 0. The molecule has 6 heteroatoms. The van der Waals surface area contributed by atoms with E-state index < -0.39 is 10.8 Å². The SMILES string of the molecule is c1ccc(-c2cc(-c3cccc4ccccc34)nc(-c3cccc(-c4ccccc4C4(c5ccccc5)c5ccccc5Oc5ccccc54)c3)n2)cc1.c1ccc(-c2cccc(-c3cc(-c4ccccc4)nc(-c4cccc(-c5ccccc5C5(c6ccccc6)c6ccccc6Oc6ccccc65)c4)n3)c2)cc1. The van der Waals surface area contributed by atoms with Gasteiger partial charge in [0, 0.05) is 55.6 Å². The Kier molecular flexibility index (Phi) is 17.3. The number of para-hydroxylation sites is 4. The third-order valence-corrected chi connectivity index (χ3v) is 21.5. The number of hydrogen-bond acceptors (Lipinski definition) is 6. The van der Waals surface area contributed by atoms with Gasteiger partial charge < -0.3 is 9.47 Å². The molecule has 18 aromatic rings. The second-order valence-electron chi connectivity index (χ2n) is 27.8. The van der Waals surface area contributed by atoms with Crippen molar-refractivity contribution in [1.29, 1.82) is 0 Å². The summed E-state index contributed by atoms with van der Waals surface area (Å²) in [7, 11) is 0. The predicted octanol–water partition coefficient (Wildman–Crippen LogP) is 26.1. The van der Waals surface area contributed by atoms with Crippen molar-refractivity contribution >= 4 is 10.8 Å². The van der Waals surface area contributed by atoms with Crippen LogP contribution in [0.1, 0.15) is 44.5 Å². The Labute approximate surface area is 640 Å². The molecule has 2 aliphatic rings. The fraction of sp³-hybridized carbons (Fsp3) is 0.0192. The molecule has 110 heavy (non-hydrogen) atoms. The number of nitrogens with zero attached hydrogens (tertiary/aromatic N) is 4. The molecule has 0 saturated carbocycles. The van der Waals surface area contributed by atoms with Crippen molar-refractivity contribution in [3.05, 3.63) is 469 Å². The molecule has 0 fully saturated rings. The van der Waals surface area contributed by atoms with E-state index in [4.69, 9.17) is 29.4 Å². The van der Waals surface area contributed by atoms with Gasteiger partial charge in [-0.05, 0) is 121 Å². The minimum absolute atomic E-state index is 0.648. The zero-order chi connectivity index (χ0) is 73.2. The van der Waals surface area contributed by atoms with E-state index >= 15 is 0 Å². The van der Waals surface area contributed by atoms with E-state index in [0.717, 1.165) is 135 Å². The van der Waals surface area contributed by atoms with Gasteiger partial charge >= 0.3 is 0 Å². The van der Waals surface area contributed by atoms with Crippen LogP contribution in [0.2, 0.25) is 0 Å². The predicted molar refractivity (Wildman–Crippen MR) is 447 cm³/mol. The lowest BCUT2D eigenvalue weighted by molar-refractivity contribution is 0.434. The molecule has 4 heterocycles. The highest BCUT2D eigenvalue weighted by Crippen LogP contribution is 2.59. The van der Waals surface area contributed by atoms with Gasteiger partial charge in [-0.2, -0.15) is 0 Å². The summed E-state index contributed by atoms with van der Waals surface area (Å²) in [5.41, 5.74) is 24.2. The maximum absolute atomic E-state index is 6.61. The van der Waals surface area contributed by atoms with Gasteiger partial charge in [-0.25, -0.2) is 19.9 Å². The summed E-state index contributed by atoms with van der Waals surface area (Å²) in [6, 6.07) is 149. The normalized spacial score (nSPS) is 12.7. The first kappa shape index (κ1) is 66.2. The molecule has 0 saturated heterocycles. The molecular weight excluding hydrogens is 1340 g/mol. The molecule has 0 aliphatic carbocycles. The summed E-state index contributed by atoms with van der Waals surface area (Å²) in [6.07, 6.45) is 0. The van der Waals surface area contributed by atoms with Crippen LogP contribution in [0.5, 0.6) is 23.0 Å². The minimum Gasteiger partial charge on any atom is -0.457 e. The van der Waals surface area contributed by atoms with E-state index in [1.54, 1.807) is 0 Å². The summed E-state index contributed by atoms with van der Waals surface area (Å²) in [6.45, 7) is 0. The van der Waals surface area contributed by atoms with Crippen molar-refractivity contribution in [3.63, 3.8) is 0 Å². The van der Waals surface area contributed by atoms with Crippen molar-refractivity contribution in [3.8, 4) is 124 Å².